The molecular formula is C31H60O4Si2. The summed E-state index contributed by atoms with van der Waals surface area (Å²) < 4.78 is 13.9. The minimum absolute atomic E-state index is 0.0933. The number of fused-ring (bicyclic) bond motifs is 1. The van der Waals surface area contributed by atoms with Gasteiger partial charge in [0.2, 0.25) is 0 Å². The van der Waals surface area contributed by atoms with Crippen molar-refractivity contribution in [2.24, 2.45) is 34.5 Å². The number of Topliss-reactive ketones (excluding diaryl/α,β-unsaturated/α-hetero) is 1. The Hall–Kier alpha value is -0.0162. The second-order valence-corrected chi connectivity index (χ2v) is 26.1. The normalized spacial score (nSPS) is 38.1. The summed E-state index contributed by atoms with van der Waals surface area (Å²) in [5, 5.41) is 11.1. The molecule has 3 fully saturated rings. The molecule has 0 spiro atoms. The van der Waals surface area contributed by atoms with Gasteiger partial charge < -0.3 is 14.0 Å². The van der Waals surface area contributed by atoms with E-state index in [4.69, 9.17) is 8.85 Å². The molecule has 0 saturated heterocycles. The van der Waals surface area contributed by atoms with Crippen molar-refractivity contribution in [1.82, 2.24) is 0 Å². The van der Waals surface area contributed by atoms with Gasteiger partial charge in [0.15, 0.2) is 16.6 Å². The van der Waals surface area contributed by atoms with Crippen LogP contribution in [-0.2, 0) is 13.6 Å². The molecule has 0 bridgehead atoms. The van der Waals surface area contributed by atoms with Crippen LogP contribution in [0.15, 0.2) is 0 Å². The molecule has 3 aliphatic carbocycles. The van der Waals surface area contributed by atoms with Crippen molar-refractivity contribution >= 4 is 22.4 Å². The van der Waals surface area contributed by atoms with E-state index in [1.165, 1.54) is 0 Å². The third kappa shape index (κ3) is 5.89. The van der Waals surface area contributed by atoms with Crippen LogP contribution in [-0.4, -0.2) is 46.8 Å². The van der Waals surface area contributed by atoms with Gasteiger partial charge in [-0.25, -0.2) is 0 Å². The molecule has 37 heavy (non-hydrogen) atoms. The van der Waals surface area contributed by atoms with Gasteiger partial charge in [0.25, 0.3) is 0 Å². The second kappa shape index (κ2) is 10.4. The Balaban J connectivity index is 1.90. The van der Waals surface area contributed by atoms with Gasteiger partial charge in [-0.3, -0.25) is 4.79 Å². The van der Waals surface area contributed by atoms with Crippen LogP contribution in [0.25, 0.3) is 0 Å². The van der Waals surface area contributed by atoms with E-state index in [2.05, 4.69) is 81.6 Å². The van der Waals surface area contributed by atoms with Gasteiger partial charge in [0.1, 0.15) is 5.78 Å². The lowest BCUT2D eigenvalue weighted by Crippen LogP contribution is -2.55. The Morgan fingerprint density at radius 1 is 0.892 bits per heavy atom. The highest BCUT2D eigenvalue weighted by Crippen LogP contribution is 2.61. The van der Waals surface area contributed by atoms with Crippen molar-refractivity contribution in [3.8, 4) is 0 Å². The molecule has 0 unspecified atom stereocenters. The van der Waals surface area contributed by atoms with Crippen molar-refractivity contribution in [3.05, 3.63) is 0 Å². The SMILES string of the molecule is CC(C)(C)[Si](C)(C)OC[C@H]1C[C@@H](O[Si](C)(C)C(C)(C)C)CC[C@]1(C)[C@H]1CC[C@]2(C)C(=O)CC[C@H]2[C@@H]1CO. The lowest BCUT2D eigenvalue weighted by molar-refractivity contribution is -0.137. The first-order chi connectivity index (χ1) is 16.7. The summed E-state index contributed by atoms with van der Waals surface area (Å²) in [5.74, 6) is 1.81. The maximum atomic E-state index is 12.9. The molecule has 6 heteroatoms. The highest BCUT2D eigenvalue weighted by atomic mass is 28.4. The molecule has 4 nitrogen and oxygen atoms in total. The molecule has 3 rings (SSSR count). The number of carbonyl (C=O) groups is 1. The zero-order valence-corrected chi connectivity index (χ0v) is 28.4. The highest BCUT2D eigenvalue weighted by Gasteiger charge is 2.59. The molecule has 0 aromatic rings. The summed E-state index contributed by atoms with van der Waals surface area (Å²) in [6.07, 6.45) is 7.23. The van der Waals surface area contributed by atoms with E-state index in [0.717, 1.165) is 45.1 Å². The first-order valence-electron chi connectivity index (χ1n) is 15.2. The number of ketones is 1. The van der Waals surface area contributed by atoms with Crippen LogP contribution in [0.3, 0.4) is 0 Å². The summed E-state index contributed by atoms with van der Waals surface area (Å²) in [6, 6.07) is 0. The monoisotopic (exact) mass is 552 g/mol. The molecular weight excluding hydrogens is 493 g/mol. The molecule has 0 amide bonds. The van der Waals surface area contributed by atoms with Crippen LogP contribution in [0.2, 0.25) is 36.3 Å². The fourth-order valence-electron chi connectivity index (χ4n) is 7.48. The van der Waals surface area contributed by atoms with Crippen molar-refractivity contribution in [2.75, 3.05) is 13.2 Å². The maximum absolute atomic E-state index is 12.9. The van der Waals surface area contributed by atoms with Crippen LogP contribution in [0.4, 0.5) is 0 Å². The predicted molar refractivity (Wildman–Crippen MR) is 160 cm³/mol. The Labute approximate surface area is 231 Å². The van der Waals surface area contributed by atoms with Crippen LogP contribution < -0.4 is 0 Å². The van der Waals surface area contributed by atoms with E-state index in [1.807, 2.05) is 0 Å². The molecule has 3 aliphatic rings. The summed E-state index contributed by atoms with van der Waals surface area (Å²) in [7, 11) is -3.76. The highest BCUT2D eigenvalue weighted by molar-refractivity contribution is 6.74. The van der Waals surface area contributed by atoms with Crippen LogP contribution in [0.1, 0.15) is 100 Å². The fraction of sp³-hybridized carbons (Fsp3) is 0.968. The number of aliphatic hydroxyl groups is 1. The molecule has 7 atom stereocenters. The molecule has 1 N–H and O–H groups in total. The molecule has 0 aliphatic heterocycles. The topological polar surface area (TPSA) is 55.8 Å². The van der Waals surface area contributed by atoms with Crippen LogP contribution >= 0.6 is 0 Å². The summed E-state index contributed by atoms with van der Waals surface area (Å²) in [5.41, 5.74) is -0.133. The van der Waals surface area contributed by atoms with Gasteiger partial charge >= 0.3 is 0 Å². The second-order valence-electron chi connectivity index (χ2n) is 16.5. The Morgan fingerprint density at radius 2 is 1.49 bits per heavy atom. The zero-order chi connectivity index (χ0) is 28.2. The van der Waals surface area contributed by atoms with Crippen molar-refractivity contribution in [1.29, 1.82) is 0 Å². The fourth-order valence-corrected chi connectivity index (χ4v) is 9.94. The molecule has 216 valence electrons. The van der Waals surface area contributed by atoms with E-state index >= 15 is 0 Å². The van der Waals surface area contributed by atoms with Gasteiger partial charge in [-0.05, 0) is 104 Å². The third-order valence-electron chi connectivity index (χ3n) is 12.4. The Morgan fingerprint density at radius 3 is 2.03 bits per heavy atom. The van der Waals surface area contributed by atoms with Gasteiger partial charge in [0, 0.05) is 31.2 Å². The quantitative estimate of drug-likeness (QED) is 0.323. The van der Waals surface area contributed by atoms with E-state index in [1.54, 1.807) is 0 Å². The van der Waals surface area contributed by atoms with Crippen molar-refractivity contribution in [2.45, 2.75) is 143 Å². The largest absolute Gasteiger partial charge is 0.417 e. The zero-order valence-electron chi connectivity index (χ0n) is 26.4. The number of aliphatic hydroxyl groups excluding tert-OH is 1. The minimum Gasteiger partial charge on any atom is -0.417 e. The summed E-state index contributed by atoms with van der Waals surface area (Å²) >= 11 is 0. The first kappa shape index (κ1) is 31.5. The average Bonchev–Trinajstić information content (AvgIpc) is 3.06. The molecule has 0 aromatic heterocycles. The number of rotatable bonds is 7. The number of hydrogen-bond donors (Lipinski definition) is 1. The average molecular weight is 553 g/mol. The molecule has 0 heterocycles. The van der Waals surface area contributed by atoms with Crippen LogP contribution in [0.5, 0.6) is 0 Å². The van der Waals surface area contributed by atoms with E-state index in [9.17, 15) is 9.90 Å². The lowest BCUT2D eigenvalue weighted by Gasteiger charge is -2.57. The summed E-state index contributed by atoms with van der Waals surface area (Å²) in [4.78, 5) is 12.9. The van der Waals surface area contributed by atoms with Crippen molar-refractivity contribution < 1.29 is 18.8 Å². The molecule has 3 saturated carbocycles. The van der Waals surface area contributed by atoms with Gasteiger partial charge in [-0.1, -0.05) is 55.4 Å². The first-order valence-corrected chi connectivity index (χ1v) is 21.0. The minimum atomic E-state index is -1.89. The van der Waals surface area contributed by atoms with Gasteiger partial charge in [0.05, 0.1) is 0 Å². The van der Waals surface area contributed by atoms with Crippen molar-refractivity contribution in [3.63, 3.8) is 0 Å². The predicted octanol–water partition coefficient (Wildman–Crippen LogP) is 8.21. The molecule has 0 radical (unpaired) electrons. The van der Waals surface area contributed by atoms with E-state index in [0.29, 0.717) is 30.0 Å². The Bertz CT molecular complexity index is 826. The van der Waals surface area contributed by atoms with E-state index < -0.39 is 16.6 Å². The smallest absolute Gasteiger partial charge is 0.192 e. The lowest BCUT2D eigenvalue weighted by atomic mass is 9.49. The van der Waals surface area contributed by atoms with Gasteiger partial charge in [-0.2, -0.15) is 0 Å². The summed E-state index contributed by atoms with van der Waals surface area (Å²) in [6.45, 7) is 29.1. The molecule has 0 aromatic carbocycles. The van der Waals surface area contributed by atoms with E-state index in [-0.39, 0.29) is 39.5 Å². The maximum Gasteiger partial charge on any atom is 0.192 e. The van der Waals surface area contributed by atoms with Crippen LogP contribution in [0, 0.1) is 34.5 Å². The standard InChI is InChI=1S/C31H60O4Si2/c1-28(2,3)36(9,10)34-21-22-19-23(35-37(11,12)29(4,5)6)15-17-30(22,7)26-16-18-31(8)25(24(26)20-32)13-14-27(31)33/h22-26,32H,13-21H2,1-12H3/t22-,23+,24+,25+,26+,30+,31+/m1/s1. The van der Waals surface area contributed by atoms with Gasteiger partial charge in [-0.15, -0.1) is 0 Å². The number of hydrogen-bond acceptors (Lipinski definition) is 4. The number of carbonyl (C=O) groups excluding carboxylic acids is 1. The Kier molecular flexibility index (Phi) is 8.88. The third-order valence-corrected chi connectivity index (χ3v) is 21.4.